The summed E-state index contributed by atoms with van der Waals surface area (Å²) in [7, 11) is 0. The van der Waals surface area contributed by atoms with E-state index >= 15 is 0 Å². The summed E-state index contributed by atoms with van der Waals surface area (Å²) < 4.78 is 30.8. The molecule has 0 bridgehead atoms. The van der Waals surface area contributed by atoms with Gasteiger partial charge in [-0.2, -0.15) is 0 Å². The van der Waals surface area contributed by atoms with Gasteiger partial charge in [0.25, 0.3) is 5.91 Å². The largest absolute Gasteiger partial charge is 0.484 e. The molecule has 2 aromatic rings. The second-order valence-electron chi connectivity index (χ2n) is 5.10. The first kappa shape index (κ1) is 16.9. The van der Waals surface area contributed by atoms with Gasteiger partial charge in [-0.1, -0.05) is 12.1 Å². The maximum Gasteiger partial charge on any atom is 0.258 e. The van der Waals surface area contributed by atoms with Gasteiger partial charge in [0.2, 0.25) is 0 Å². The van der Waals surface area contributed by atoms with E-state index in [0.717, 1.165) is 0 Å². The maximum atomic E-state index is 12.9. The number of rotatable bonds is 6. The molecule has 2 atom stereocenters. The van der Waals surface area contributed by atoms with Crippen LogP contribution in [0.3, 0.4) is 0 Å². The lowest BCUT2D eigenvalue weighted by molar-refractivity contribution is -0.124. The van der Waals surface area contributed by atoms with Gasteiger partial charge < -0.3 is 15.2 Å². The molecule has 0 aromatic heterocycles. The molecule has 1 amide bonds. The van der Waals surface area contributed by atoms with E-state index < -0.39 is 29.7 Å². The second-order valence-corrected chi connectivity index (χ2v) is 5.10. The van der Waals surface area contributed by atoms with Gasteiger partial charge in [0.1, 0.15) is 17.4 Å². The Kier molecular flexibility index (Phi) is 5.65. The third kappa shape index (κ3) is 5.03. The molecule has 0 spiro atoms. The molecule has 0 fully saturated rings. The Labute approximate surface area is 132 Å². The van der Waals surface area contributed by atoms with Crippen LogP contribution in [0.5, 0.6) is 5.75 Å². The van der Waals surface area contributed by atoms with Crippen LogP contribution in [0.15, 0.2) is 48.5 Å². The average molecular weight is 321 g/mol. The first-order chi connectivity index (χ1) is 11.0. The van der Waals surface area contributed by atoms with Crippen LogP contribution in [-0.2, 0) is 4.79 Å². The van der Waals surface area contributed by atoms with E-state index in [9.17, 15) is 18.7 Å². The highest BCUT2D eigenvalue weighted by atomic mass is 19.1. The molecule has 2 unspecified atom stereocenters. The third-order valence-electron chi connectivity index (χ3n) is 3.26. The molecule has 0 saturated heterocycles. The Morgan fingerprint density at radius 3 is 2.17 bits per heavy atom. The first-order valence-corrected chi connectivity index (χ1v) is 7.07. The highest BCUT2D eigenvalue weighted by Crippen LogP contribution is 2.17. The molecule has 0 radical (unpaired) electrons. The van der Waals surface area contributed by atoms with Gasteiger partial charge in [-0.15, -0.1) is 0 Å². The molecule has 0 heterocycles. The summed E-state index contributed by atoms with van der Waals surface area (Å²) in [5, 5.41) is 12.7. The second kappa shape index (κ2) is 7.69. The molecule has 0 aliphatic heterocycles. The fraction of sp³-hybridized carbons (Fsp3) is 0.235. The van der Waals surface area contributed by atoms with Crippen molar-refractivity contribution in [2.45, 2.75) is 19.1 Å². The minimum Gasteiger partial charge on any atom is -0.484 e. The number of amides is 1. The lowest BCUT2D eigenvalue weighted by Crippen LogP contribution is -2.39. The van der Waals surface area contributed by atoms with Gasteiger partial charge in [0.05, 0.1) is 12.1 Å². The van der Waals surface area contributed by atoms with Gasteiger partial charge in [-0.05, 0) is 48.9 Å². The van der Waals surface area contributed by atoms with E-state index in [1.165, 1.54) is 48.5 Å². The Morgan fingerprint density at radius 2 is 1.61 bits per heavy atom. The number of benzene rings is 2. The van der Waals surface area contributed by atoms with Gasteiger partial charge in [-0.3, -0.25) is 4.79 Å². The number of nitrogens with one attached hydrogen (secondary N) is 1. The molecular formula is C17H17F2NO3. The lowest BCUT2D eigenvalue weighted by atomic mass is 10.0. The Morgan fingerprint density at radius 1 is 1.09 bits per heavy atom. The van der Waals surface area contributed by atoms with Gasteiger partial charge >= 0.3 is 0 Å². The highest BCUT2D eigenvalue weighted by molar-refractivity contribution is 5.77. The molecule has 2 N–H and O–H groups in total. The van der Waals surface area contributed by atoms with E-state index in [1.54, 1.807) is 6.92 Å². The van der Waals surface area contributed by atoms with Crippen LogP contribution in [0, 0.1) is 11.6 Å². The Hall–Kier alpha value is -2.47. The standard InChI is InChI=1S/C17H17F2NO3/c1-11(17(22)12-2-4-13(18)5-3-12)20-16(21)10-23-15-8-6-14(19)7-9-15/h2-9,11,17,22H,10H2,1H3,(H,20,21). The molecule has 2 rings (SSSR count). The van der Waals surface area contributed by atoms with E-state index in [2.05, 4.69) is 5.32 Å². The number of hydrogen-bond acceptors (Lipinski definition) is 3. The van der Waals surface area contributed by atoms with E-state index in [-0.39, 0.29) is 6.61 Å². The molecule has 6 heteroatoms. The van der Waals surface area contributed by atoms with Crippen molar-refractivity contribution >= 4 is 5.91 Å². The van der Waals surface area contributed by atoms with Crippen molar-refractivity contribution in [3.8, 4) is 5.75 Å². The summed E-state index contributed by atoms with van der Waals surface area (Å²) in [4.78, 5) is 11.8. The quantitative estimate of drug-likeness (QED) is 0.860. The molecule has 0 aliphatic carbocycles. The normalized spacial score (nSPS) is 13.2. The van der Waals surface area contributed by atoms with Crippen molar-refractivity contribution < 1.29 is 23.4 Å². The monoisotopic (exact) mass is 321 g/mol. The van der Waals surface area contributed by atoms with Gasteiger partial charge in [0.15, 0.2) is 6.61 Å². The zero-order valence-corrected chi connectivity index (χ0v) is 12.5. The van der Waals surface area contributed by atoms with Crippen LogP contribution in [0.2, 0.25) is 0 Å². The summed E-state index contributed by atoms with van der Waals surface area (Å²) in [6.07, 6.45) is -0.967. The number of carbonyl (C=O) groups excluding carboxylic acids is 1. The van der Waals surface area contributed by atoms with Gasteiger partial charge in [-0.25, -0.2) is 8.78 Å². The summed E-state index contributed by atoms with van der Waals surface area (Å²) in [5.74, 6) is -0.848. The van der Waals surface area contributed by atoms with Crippen molar-refractivity contribution in [2.24, 2.45) is 0 Å². The predicted molar refractivity (Wildman–Crippen MR) is 80.9 cm³/mol. The van der Waals surface area contributed by atoms with Crippen LogP contribution >= 0.6 is 0 Å². The minimum atomic E-state index is -0.967. The van der Waals surface area contributed by atoms with Crippen molar-refractivity contribution in [3.63, 3.8) is 0 Å². The maximum absolute atomic E-state index is 12.9. The molecule has 23 heavy (non-hydrogen) atoms. The topological polar surface area (TPSA) is 58.6 Å². The molecule has 0 saturated carbocycles. The smallest absolute Gasteiger partial charge is 0.258 e. The predicted octanol–water partition coefficient (Wildman–Crippen LogP) is 2.58. The number of carbonyl (C=O) groups is 1. The lowest BCUT2D eigenvalue weighted by Gasteiger charge is -2.20. The fourth-order valence-corrected chi connectivity index (χ4v) is 2.00. The van der Waals surface area contributed by atoms with Crippen molar-refractivity contribution in [3.05, 3.63) is 65.7 Å². The van der Waals surface area contributed by atoms with E-state index in [0.29, 0.717) is 11.3 Å². The zero-order chi connectivity index (χ0) is 16.8. The number of halogens is 2. The van der Waals surface area contributed by atoms with Crippen LogP contribution in [0.4, 0.5) is 8.78 Å². The first-order valence-electron chi connectivity index (χ1n) is 7.07. The van der Waals surface area contributed by atoms with Crippen molar-refractivity contribution in [1.29, 1.82) is 0 Å². The third-order valence-corrected chi connectivity index (χ3v) is 3.26. The SMILES string of the molecule is CC(NC(=O)COc1ccc(F)cc1)C(O)c1ccc(F)cc1. The van der Waals surface area contributed by atoms with E-state index in [1.807, 2.05) is 0 Å². The van der Waals surface area contributed by atoms with Crippen molar-refractivity contribution in [1.82, 2.24) is 5.32 Å². The van der Waals surface area contributed by atoms with E-state index in [4.69, 9.17) is 4.74 Å². The Balaban J connectivity index is 1.84. The fourth-order valence-electron chi connectivity index (χ4n) is 2.00. The molecule has 4 nitrogen and oxygen atoms in total. The van der Waals surface area contributed by atoms with Gasteiger partial charge in [0, 0.05) is 0 Å². The summed E-state index contributed by atoms with van der Waals surface area (Å²) in [5.41, 5.74) is 0.499. The zero-order valence-electron chi connectivity index (χ0n) is 12.5. The highest BCUT2D eigenvalue weighted by Gasteiger charge is 2.18. The number of hydrogen-bond donors (Lipinski definition) is 2. The molecular weight excluding hydrogens is 304 g/mol. The molecule has 2 aromatic carbocycles. The van der Waals surface area contributed by atoms with Crippen molar-refractivity contribution in [2.75, 3.05) is 6.61 Å². The van der Waals surface area contributed by atoms with Crippen LogP contribution < -0.4 is 10.1 Å². The van der Waals surface area contributed by atoms with Crippen LogP contribution in [0.1, 0.15) is 18.6 Å². The summed E-state index contributed by atoms with van der Waals surface area (Å²) in [6, 6.07) is 10.1. The number of ether oxygens (including phenoxy) is 1. The summed E-state index contributed by atoms with van der Waals surface area (Å²) >= 11 is 0. The number of aliphatic hydroxyl groups is 1. The summed E-state index contributed by atoms with van der Waals surface area (Å²) in [6.45, 7) is 1.37. The molecule has 122 valence electrons. The van der Waals surface area contributed by atoms with Crippen LogP contribution in [-0.4, -0.2) is 23.7 Å². The van der Waals surface area contributed by atoms with Crippen LogP contribution in [0.25, 0.3) is 0 Å². The molecule has 0 aliphatic rings. The number of aliphatic hydroxyl groups excluding tert-OH is 1. The Bertz CT molecular complexity index is 644. The minimum absolute atomic E-state index is 0.258. The average Bonchev–Trinajstić information content (AvgIpc) is 2.54.